The standard InChI is InChI=1S/C57H35N5S/c1-4-16-36(17-5-1)39-29-31-50(45(32-39)37-18-6-2-7-19-37)61-48-25-13-10-22-41(48)46-34-47-42-23-11-14-26-49(42)62(52(47)35-51(46)61)57-59-55(38-20-8-3-9-21-38)58-56(60-57)40-28-30-44-43-24-12-15-27-53(43)63-54(44)33-40/h1-35H. The van der Waals surface area contributed by atoms with Gasteiger partial charge >= 0.3 is 0 Å². The van der Waals surface area contributed by atoms with Crippen molar-refractivity contribution in [2.24, 2.45) is 0 Å². The van der Waals surface area contributed by atoms with E-state index in [4.69, 9.17) is 15.0 Å². The van der Waals surface area contributed by atoms with Crippen molar-refractivity contribution in [3.05, 3.63) is 212 Å². The molecule has 0 amide bonds. The molecule has 13 aromatic rings. The molecule has 0 unspecified atom stereocenters. The largest absolute Gasteiger partial charge is 0.309 e. The molecule has 0 saturated carbocycles. The monoisotopic (exact) mass is 821 g/mol. The Balaban J connectivity index is 1.09. The molecule has 0 fully saturated rings. The van der Waals surface area contributed by atoms with Crippen molar-refractivity contribution in [2.45, 2.75) is 0 Å². The van der Waals surface area contributed by atoms with Gasteiger partial charge in [0.1, 0.15) is 0 Å². The summed E-state index contributed by atoms with van der Waals surface area (Å²) in [5, 5.41) is 7.16. The van der Waals surface area contributed by atoms with Crippen LogP contribution in [0.4, 0.5) is 0 Å². The van der Waals surface area contributed by atoms with Gasteiger partial charge in [0.25, 0.3) is 0 Å². The number of fused-ring (bicyclic) bond motifs is 9. The summed E-state index contributed by atoms with van der Waals surface area (Å²) in [5.41, 5.74) is 12.0. The molecule has 0 bridgehead atoms. The summed E-state index contributed by atoms with van der Waals surface area (Å²) in [7, 11) is 0. The molecule has 0 radical (unpaired) electrons. The van der Waals surface area contributed by atoms with Crippen LogP contribution in [0.25, 0.3) is 120 Å². The van der Waals surface area contributed by atoms with Crippen molar-refractivity contribution in [3.63, 3.8) is 0 Å². The fraction of sp³-hybridized carbons (Fsp3) is 0. The van der Waals surface area contributed by atoms with Crippen LogP contribution in [0.5, 0.6) is 0 Å². The van der Waals surface area contributed by atoms with E-state index in [-0.39, 0.29) is 0 Å². The van der Waals surface area contributed by atoms with E-state index in [0.717, 1.165) is 60.8 Å². The van der Waals surface area contributed by atoms with Crippen molar-refractivity contribution >= 4 is 75.1 Å². The van der Waals surface area contributed by atoms with E-state index in [9.17, 15) is 0 Å². The third kappa shape index (κ3) is 5.73. The Morgan fingerprint density at radius 3 is 1.56 bits per heavy atom. The third-order valence-corrected chi connectivity index (χ3v) is 13.5. The maximum atomic E-state index is 5.37. The zero-order valence-corrected chi connectivity index (χ0v) is 34.7. The maximum Gasteiger partial charge on any atom is 0.238 e. The number of benzene rings is 9. The number of nitrogens with zero attached hydrogens (tertiary/aromatic N) is 5. The predicted molar refractivity (Wildman–Crippen MR) is 263 cm³/mol. The minimum absolute atomic E-state index is 0.570. The predicted octanol–water partition coefficient (Wildman–Crippen LogP) is 15.1. The van der Waals surface area contributed by atoms with Gasteiger partial charge in [-0.3, -0.25) is 4.57 Å². The molecule has 0 aliphatic rings. The van der Waals surface area contributed by atoms with Gasteiger partial charge in [-0.05, 0) is 65.2 Å². The molecule has 9 aromatic carbocycles. The van der Waals surface area contributed by atoms with Crippen molar-refractivity contribution in [1.29, 1.82) is 0 Å². The van der Waals surface area contributed by atoms with Gasteiger partial charge in [0.05, 0.1) is 27.8 Å². The van der Waals surface area contributed by atoms with Crippen LogP contribution in [0.2, 0.25) is 0 Å². The van der Waals surface area contributed by atoms with E-state index in [1.807, 2.05) is 18.2 Å². The number of thiophene rings is 1. The second kappa shape index (κ2) is 14.2. The van der Waals surface area contributed by atoms with Gasteiger partial charge < -0.3 is 4.57 Å². The molecule has 4 aromatic heterocycles. The van der Waals surface area contributed by atoms with E-state index < -0.39 is 0 Å². The fourth-order valence-electron chi connectivity index (χ4n) is 9.47. The molecule has 0 saturated heterocycles. The van der Waals surface area contributed by atoms with E-state index in [2.05, 4.69) is 203 Å². The third-order valence-electron chi connectivity index (χ3n) is 12.4. The lowest BCUT2D eigenvalue weighted by atomic mass is 9.97. The van der Waals surface area contributed by atoms with Gasteiger partial charge in [-0.15, -0.1) is 11.3 Å². The molecule has 294 valence electrons. The van der Waals surface area contributed by atoms with Crippen LogP contribution in [0, 0.1) is 0 Å². The van der Waals surface area contributed by atoms with Crippen molar-refractivity contribution in [2.75, 3.05) is 0 Å². The summed E-state index contributed by atoms with van der Waals surface area (Å²) in [4.78, 5) is 15.8. The molecule has 4 heterocycles. The Morgan fingerprint density at radius 2 is 0.841 bits per heavy atom. The van der Waals surface area contributed by atoms with Gasteiger partial charge in [0.15, 0.2) is 11.6 Å². The topological polar surface area (TPSA) is 48.5 Å². The molecular formula is C57H35N5S. The lowest BCUT2D eigenvalue weighted by molar-refractivity contribution is 0.954. The highest BCUT2D eigenvalue weighted by Gasteiger charge is 2.23. The normalized spacial score (nSPS) is 11.8. The molecule has 6 heteroatoms. The van der Waals surface area contributed by atoms with E-state index in [0.29, 0.717) is 17.6 Å². The van der Waals surface area contributed by atoms with E-state index in [1.165, 1.54) is 42.1 Å². The number of aromatic nitrogens is 5. The maximum absolute atomic E-state index is 5.37. The Hall–Kier alpha value is -8.19. The molecule has 0 atom stereocenters. The highest BCUT2D eigenvalue weighted by Crippen LogP contribution is 2.42. The first-order valence-corrected chi connectivity index (χ1v) is 22.0. The first kappa shape index (κ1) is 35.6. The number of hydrogen-bond acceptors (Lipinski definition) is 4. The van der Waals surface area contributed by atoms with Crippen LogP contribution in [0.1, 0.15) is 0 Å². The number of hydrogen-bond donors (Lipinski definition) is 0. The Kier molecular flexibility index (Phi) is 8.01. The van der Waals surface area contributed by atoms with Gasteiger partial charge in [-0.25, -0.2) is 4.98 Å². The quantitative estimate of drug-likeness (QED) is 0.168. The Labute approximate surface area is 366 Å². The first-order valence-electron chi connectivity index (χ1n) is 21.2. The summed E-state index contributed by atoms with van der Waals surface area (Å²) in [6, 6.07) is 75.8. The lowest BCUT2D eigenvalue weighted by Gasteiger charge is -2.16. The van der Waals surface area contributed by atoms with Crippen LogP contribution >= 0.6 is 11.3 Å². The molecule has 0 spiro atoms. The second-order valence-electron chi connectivity index (χ2n) is 16.0. The van der Waals surface area contributed by atoms with Gasteiger partial charge in [-0.1, -0.05) is 164 Å². The zero-order chi connectivity index (χ0) is 41.4. The molecule has 63 heavy (non-hydrogen) atoms. The molecule has 5 nitrogen and oxygen atoms in total. The molecular weight excluding hydrogens is 787 g/mol. The zero-order valence-electron chi connectivity index (χ0n) is 33.9. The highest BCUT2D eigenvalue weighted by molar-refractivity contribution is 7.25. The highest BCUT2D eigenvalue weighted by atomic mass is 32.1. The average Bonchev–Trinajstić information content (AvgIpc) is 4.00. The number of para-hydroxylation sites is 2. The van der Waals surface area contributed by atoms with Gasteiger partial charge in [0.2, 0.25) is 5.95 Å². The molecule has 13 rings (SSSR count). The van der Waals surface area contributed by atoms with Crippen LogP contribution in [0.15, 0.2) is 212 Å². The minimum Gasteiger partial charge on any atom is -0.309 e. The van der Waals surface area contributed by atoms with Crippen molar-refractivity contribution in [1.82, 2.24) is 24.1 Å². The molecule has 0 aliphatic carbocycles. The van der Waals surface area contributed by atoms with E-state index in [1.54, 1.807) is 11.3 Å². The van der Waals surface area contributed by atoms with Gasteiger partial charge in [-0.2, -0.15) is 9.97 Å². The summed E-state index contributed by atoms with van der Waals surface area (Å²) in [6.45, 7) is 0. The SMILES string of the molecule is c1ccc(-c2ccc(-n3c4ccccc4c4cc5c6ccccc6n(-c6nc(-c7ccccc7)nc(-c7ccc8c(c7)sc7ccccc78)n6)c5cc43)c(-c3ccccc3)c2)cc1. The smallest absolute Gasteiger partial charge is 0.238 e. The van der Waals surface area contributed by atoms with E-state index >= 15 is 0 Å². The van der Waals surface area contributed by atoms with Gasteiger partial charge in [0, 0.05) is 58.4 Å². The van der Waals surface area contributed by atoms with Crippen LogP contribution < -0.4 is 0 Å². The number of rotatable bonds is 6. The first-order chi connectivity index (χ1) is 31.2. The molecule has 0 aliphatic heterocycles. The molecule has 0 N–H and O–H groups in total. The fourth-order valence-corrected chi connectivity index (χ4v) is 10.6. The summed E-state index contributed by atoms with van der Waals surface area (Å²) >= 11 is 1.80. The van der Waals surface area contributed by atoms with Crippen molar-refractivity contribution < 1.29 is 0 Å². The Bertz CT molecular complexity index is 3900. The van der Waals surface area contributed by atoms with Crippen LogP contribution in [-0.4, -0.2) is 24.1 Å². The van der Waals surface area contributed by atoms with Crippen LogP contribution in [0.3, 0.4) is 0 Å². The second-order valence-corrected chi connectivity index (χ2v) is 17.1. The lowest BCUT2D eigenvalue weighted by Crippen LogP contribution is -2.06. The van der Waals surface area contributed by atoms with Crippen LogP contribution in [-0.2, 0) is 0 Å². The summed E-state index contributed by atoms with van der Waals surface area (Å²) < 4.78 is 7.15. The summed E-state index contributed by atoms with van der Waals surface area (Å²) in [6.07, 6.45) is 0. The summed E-state index contributed by atoms with van der Waals surface area (Å²) in [5.74, 6) is 1.82. The van der Waals surface area contributed by atoms with Crippen molar-refractivity contribution in [3.8, 4) is 56.7 Å². The Morgan fingerprint density at radius 1 is 0.302 bits per heavy atom. The average molecular weight is 822 g/mol. The minimum atomic E-state index is 0.570.